The summed E-state index contributed by atoms with van der Waals surface area (Å²) < 4.78 is 38.1. The van der Waals surface area contributed by atoms with Gasteiger partial charge in [-0.15, -0.1) is 0 Å². The van der Waals surface area contributed by atoms with Crippen LogP contribution in [0.25, 0.3) is 10.9 Å². The van der Waals surface area contributed by atoms with E-state index in [9.17, 15) is 18.0 Å². The summed E-state index contributed by atoms with van der Waals surface area (Å²) in [5.41, 5.74) is 1.60. The first-order valence-corrected chi connectivity index (χ1v) is 6.98. The lowest BCUT2D eigenvalue weighted by molar-refractivity contribution is -0.171. The van der Waals surface area contributed by atoms with Crippen molar-refractivity contribution in [2.24, 2.45) is 0 Å². The first kappa shape index (κ1) is 15.1. The molecule has 108 valence electrons. The molecule has 2 nitrogen and oxygen atoms in total. The molecule has 0 aliphatic heterocycles. The quantitative estimate of drug-likeness (QED) is 0.834. The predicted octanol–water partition coefficient (Wildman–Crippen LogP) is 4.95. The van der Waals surface area contributed by atoms with Gasteiger partial charge in [-0.05, 0) is 36.1 Å². The molecule has 1 N–H and O–H groups in total. The van der Waals surface area contributed by atoms with Crippen molar-refractivity contribution in [1.82, 2.24) is 4.98 Å². The van der Waals surface area contributed by atoms with Crippen LogP contribution < -0.4 is 0 Å². The number of alkyl halides is 3. The van der Waals surface area contributed by atoms with Gasteiger partial charge < -0.3 is 4.98 Å². The Hall–Kier alpha value is -1.30. The van der Waals surface area contributed by atoms with Crippen molar-refractivity contribution in [3.05, 3.63) is 34.4 Å². The number of Topliss-reactive ketones (excluding diaryl/α,β-unsaturated/α-hetero) is 1. The Kier molecular flexibility index (Phi) is 4.22. The number of carbonyl (C=O) groups excluding carboxylic acids is 1. The third-order valence-corrected chi connectivity index (χ3v) is 3.85. The summed E-state index contributed by atoms with van der Waals surface area (Å²) in [6.45, 7) is 1.78. The van der Waals surface area contributed by atoms with Crippen LogP contribution >= 0.6 is 15.9 Å². The fourth-order valence-electron chi connectivity index (χ4n) is 2.27. The van der Waals surface area contributed by atoms with Gasteiger partial charge in [-0.3, -0.25) is 4.79 Å². The number of aromatic amines is 1. The molecule has 1 atom stereocenters. The maximum atomic E-state index is 12.4. The van der Waals surface area contributed by atoms with Gasteiger partial charge in [0, 0.05) is 28.0 Å². The van der Waals surface area contributed by atoms with E-state index < -0.39 is 24.3 Å². The largest absolute Gasteiger partial charge is 0.449 e. The van der Waals surface area contributed by atoms with Gasteiger partial charge in [-0.25, -0.2) is 0 Å². The molecule has 0 aliphatic carbocycles. The Balaban J connectivity index is 2.35. The summed E-state index contributed by atoms with van der Waals surface area (Å²) in [5.74, 6) is -2.11. The Morgan fingerprint density at radius 3 is 2.70 bits per heavy atom. The normalized spacial score (nSPS) is 13.7. The monoisotopic (exact) mass is 347 g/mol. The minimum atomic E-state index is -4.76. The molecule has 1 heterocycles. The molecular weight excluding hydrogens is 335 g/mol. The highest BCUT2D eigenvalue weighted by atomic mass is 79.9. The van der Waals surface area contributed by atoms with Crippen LogP contribution in [0.5, 0.6) is 0 Å². The number of ketones is 1. The molecular formula is C14H13BrF3NO. The van der Waals surface area contributed by atoms with E-state index in [1.54, 1.807) is 13.1 Å². The summed E-state index contributed by atoms with van der Waals surface area (Å²) in [7, 11) is 0. The topological polar surface area (TPSA) is 32.9 Å². The van der Waals surface area contributed by atoms with Crippen LogP contribution in [-0.2, 0) is 4.79 Å². The fourth-order valence-corrected chi connectivity index (χ4v) is 2.63. The number of rotatable bonds is 4. The van der Waals surface area contributed by atoms with Crippen molar-refractivity contribution >= 4 is 32.6 Å². The molecule has 1 unspecified atom stereocenters. The van der Waals surface area contributed by atoms with E-state index in [1.165, 1.54) is 0 Å². The average Bonchev–Trinajstić information content (AvgIpc) is 2.77. The molecule has 0 aliphatic rings. The van der Waals surface area contributed by atoms with Gasteiger partial charge in [0.2, 0.25) is 5.78 Å². The predicted molar refractivity (Wildman–Crippen MR) is 74.7 cm³/mol. The molecule has 0 radical (unpaired) electrons. The molecule has 0 bridgehead atoms. The molecule has 2 aromatic rings. The van der Waals surface area contributed by atoms with Gasteiger partial charge in [-0.1, -0.05) is 22.9 Å². The van der Waals surface area contributed by atoms with Crippen LogP contribution in [0.4, 0.5) is 13.2 Å². The summed E-state index contributed by atoms with van der Waals surface area (Å²) in [5, 5.41) is 0.848. The Morgan fingerprint density at radius 2 is 2.10 bits per heavy atom. The average molecular weight is 348 g/mol. The molecule has 0 amide bonds. The number of halogens is 4. The zero-order chi connectivity index (χ0) is 14.9. The summed E-state index contributed by atoms with van der Waals surface area (Å²) in [6, 6.07) is 5.55. The van der Waals surface area contributed by atoms with E-state index in [1.807, 2.05) is 18.2 Å². The minimum absolute atomic E-state index is 0.438. The van der Waals surface area contributed by atoms with E-state index >= 15 is 0 Å². The Morgan fingerprint density at radius 1 is 1.40 bits per heavy atom. The van der Waals surface area contributed by atoms with Crippen LogP contribution in [0.15, 0.2) is 28.9 Å². The molecule has 1 aromatic carbocycles. The van der Waals surface area contributed by atoms with Gasteiger partial charge in [0.05, 0.1) is 0 Å². The number of nitrogens with one attached hydrogen (secondary N) is 1. The molecule has 0 saturated carbocycles. The molecule has 0 saturated heterocycles. The van der Waals surface area contributed by atoms with Crippen LogP contribution in [0.1, 0.15) is 31.2 Å². The highest BCUT2D eigenvalue weighted by Crippen LogP contribution is 2.34. The van der Waals surface area contributed by atoms with Gasteiger partial charge >= 0.3 is 6.18 Å². The second-order valence-electron chi connectivity index (χ2n) is 4.66. The second kappa shape index (κ2) is 5.60. The lowest BCUT2D eigenvalue weighted by Gasteiger charge is -2.14. The maximum Gasteiger partial charge on any atom is 0.449 e. The fraction of sp³-hybridized carbons (Fsp3) is 0.357. The number of fused-ring (bicyclic) bond motifs is 1. The number of aromatic nitrogens is 1. The van der Waals surface area contributed by atoms with Crippen molar-refractivity contribution < 1.29 is 18.0 Å². The molecule has 1 aromatic heterocycles. The van der Waals surface area contributed by atoms with Gasteiger partial charge in [0.25, 0.3) is 0 Å². The van der Waals surface area contributed by atoms with E-state index in [2.05, 4.69) is 20.9 Å². The highest BCUT2D eigenvalue weighted by molar-refractivity contribution is 9.10. The summed E-state index contributed by atoms with van der Waals surface area (Å²) in [4.78, 5) is 14.2. The van der Waals surface area contributed by atoms with Crippen molar-refractivity contribution in [2.45, 2.75) is 31.9 Å². The van der Waals surface area contributed by atoms with Crippen LogP contribution in [0.2, 0.25) is 0 Å². The standard InChI is InChI=1S/C14H13BrF3NO/c1-2-8(5-13(20)14(16,17)18)11-7-19-12-4-3-9(15)6-10(11)12/h3-4,6-8,19H,2,5H2,1H3. The summed E-state index contributed by atoms with van der Waals surface area (Å²) in [6.07, 6.45) is -3.12. The maximum absolute atomic E-state index is 12.4. The highest BCUT2D eigenvalue weighted by Gasteiger charge is 2.39. The Labute approximate surface area is 122 Å². The number of benzene rings is 1. The molecule has 0 spiro atoms. The smallest absolute Gasteiger partial charge is 0.361 e. The first-order chi connectivity index (χ1) is 9.32. The minimum Gasteiger partial charge on any atom is -0.361 e. The van der Waals surface area contributed by atoms with E-state index in [-0.39, 0.29) is 0 Å². The molecule has 6 heteroatoms. The van der Waals surface area contributed by atoms with Crippen molar-refractivity contribution in [3.63, 3.8) is 0 Å². The van der Waals surface area contributed by atoms with Crippen LogP contribution in [-0.4, -0.2) is 16.9 Å². The van der Waals surface area contributed by atoms with Crippen molar-refractivity contribution in [2.75, 3.05) is 0 Å². The van der Waals surface area contributed by atoms with E-state index in [0.717, 1.165) is 20.9 Å². The zero-order valence-electron chi connectivity index (χ0n) is 10.7. The lowest BCUT2D eigenvalue weighted by Crippen LogP contribution is -2.24. The lowest BCUT2D eigenvalue weighted by atomic mass is 9.91. The van der Waals surface area contributed by atoms with E-state index in [4.69, 9.17) is 0 Å². The van der Waals surface area contributed by atoms with Crippen molar-refractivity contribution in [1.29, 1.82) is 0 Å². The molecule has 0 fully saturated rings. The SMILES string of the molecule is CCC(CC(=O)C(F)(F)F)c1c[nH]c2ccc(Br)cc12. The number of hydrogen-bond acceptors (Lipinski definition) is 1. The van der Waals surface area contributed by atoms with Crippen LogP contribution in [0.3, 0.4) is 0 Å². The zero-order valence-corrected chi connectivity index (χ0v) is 12.3. The molecule has 2 rings (SSSR count). The second-order valence-corrected chi connectivity index (χ2v) is 5.58. The van der Waals surface area contributed by atoms with Gasteiger partial charge in [0.1, 0.15) is 0 Å². The van der Waals surface area contributed by atoms with Crippen LogP contribution in [0, 0.1) is 0 Å². The number of carbonyl (C=O) groups is 1. The van der Waals surface area contributed by atoms with Crippen molar-refractivity contribution in [3.8, 4) is 0 Å². The Bertz CT molecular complexity index is 633. The number of hydrogen-bond donors (Lipinski definition) is 1. The van der Waals surface area contributed by atoms with Gasteiger partial charge in [0.15, 0.2) is 0 Å². The van der Waals surface area contributed by atoms with Gasteiger partial charge in [-0.2, -0.15) is 13.2 Å². The third kappa shape index (κ3) is 3.06. The third-order valence-electron chi connectivity index (χ3n) is 3.36. The number of H-pyrrole nitrogens is 1. The molecule has 20 heavy (non-hydrogen) atoms. The summed E-state index contributed by atoms with van der Waals surface area (Å²) >= 11 is 3.34. The van der Waals surface area contributed by atoms with E-state index in [0.29, 0.717) is 6.42 Å². The first-order valence-electron chi connectivity index (χ1n) is 6.19.